The largest absolute Gasteiger partial charge is 0.395 e. The minimum atomic E-state index is -1.31. The van der Waals surface area contributed by atoms with Gasteiger partial charge in [-0.15, -0.1) is 16.4 Å². The lowest BCUT2D eigenvalue weighted by Crippen LogP contribution is -2.55. The molecule has 0 unspecified atom stereocenters. The number of nitrogens with one attached hydrogen (secondary N) is 3. The fourth-order valence-corrected chi connectivity index (χ4v) is 5.11. The second kappa shape index (κ2) is 14.7. The fourth-order valence-electron chi connectivity index (χ4n) is 5.11. The predicted octanol–water partition coefficient (Wildman–Crippen LogP) is 1.38. The average Bonchev–Trinajstić information content (AvgIpc) is 2.83. The number of aliphatic hydroxyl groups excluding tert-OH is 3. The molecule has 0 heterocycles. The van der Waals surface area contributed by atoms with Crippen molar-refractivity contribution in [1.29, 1.82) is 0 Å². The standard InChI is InChI=1S/C27H51N3O9/c1-16(2)19(10-31)28-37-22(34)25(7)13-26(8,23(35)38-29-20(11-32)17(3)4)15-27(9,14-25)24(36)39-30-21(12-33)18(5)6/h16-21,28-33H,10-15H2,1-9H3/t19-,20-,21-,25?,26?,27?/m1/s1. The number of carbonyl (C=O) groups is 3. The number of carbonyl (C=O) groups excluding carboxylic acids is 3. The zero-order valence-electron chi connectivity index (χ0n) is 25.0. The predicted molar refractivity (Wildman–Crippen MR) is 143 cm³/mol. The molecule has 228 valence electrons. The average molecular weight is 562 g/mol. The van der Waals surface area contributed by atoms with Gasteiger partial charge in [0.25, 0.3) is 0 Å². The summed E-state index contributed by atoms with van der Waals surface area (Å²) in [6.07, 6.45) is 0.0403. The molecule has 6 N–H and O–H groups in total. The summed E-state index contributed by atoms with van der Waals surface area (Å²) >= 11 is 0. The summed E-state index contributed by atoms with van der Waals surface area (Å²) in [5.74, 6) is -2.15. The van der Waals surface area contributed by atoms with E-state index in [-0.39, 0.29) is 56.8 Å². The van der Waals surface area contributed by atoms with Crippen molar-refractivity contribution < 1.29 is 44.2 Å². The molecule has 12 nitrogen and oxygen atoms in total. The highest BCUT2D eigenvalue weighted by molar-refractivity contribution is 5.85. The Hall–Kier alpha value is -1.83. The highest BCUT2D eigenvalue weighted by Crippen LogP contribution is 2.55. The highest BCUT2D eigenvalue weighted by Gasteiger charge is 2.60. The van der Waals surface area contributed by atoms with Gasteiger partial charge in [-0.2, -0.15) is 0 Å². The van der Waals surface area contributed by atoms with E-state index in [4.69, 9.17) is 14.5 Å². The van der Waals surface area contributed by atoms with Gasteiger partial charge in [0.15, 0.2) is 0 Å². The van der Waals surface area contributed by atoms with Crippen LogP contribution in [0.15, 0.2) is 0 Å². The van der Waals surface area contributed by atoms with Crippen LogP contribution in [0, 0.1) is 34.0 Å². The summed E-state index contributed by atoms with van der Waals surface area (Å²) in [6.45, 7) is 15.2. The zero-order valence-corrected chi connectivity index (χ0v) is 25.0. The Bertz CT molecular complexity index is 708. The maximum atomic E-state index is 13.4. The molecule has 0 aromatic heterocycles. The molecule has 0 radical (unpaired) electrons. The first-order valence-electron chi connectivity index (χ1n) is 13.7. The molecule has 1 saturated carbocycles. The number of hydroxylamine groups is 3. The highest BCUT2D eigenvalue weighted by atomic mass is 16.7. The summed E-state index contributed by atoms with van der Waals surface area (Å²) in [6, 6.07) is -1.50. The Morgan fingerprint density at radius 2 is 0.769 bits per heavy atom. The van der Waals surface area contributed by atoms with Gasteiger partial charge in [0.2, 0.25) is 0 Å². The van der Waals surface area contributed by atoms with Crippen molar-refractivity contribution >= 4 is 17.9 Å². The van der Waals surface area contributed by atoms with Crippen molar-refractivity contribution in [2.75, 3.05) is 19.8 Å². The molecule has 39 heavy (non-hydrogen) atoms. The molecule has 0 bridgehead atoms. The molecule has 1 aliphatic rings. The van der Waals surface area contributed by atoms with Crippen LogP contribution in [0.5, 0.6) is 0 Å². The van der Waals surface area contributed by atoms with Gasteiger partial charge in [-0.3, -0.25) is 0 Å². The van der Waals surface area contributed by atoms with Crippen LogP contribution in [0.2, 0.25) is 0 Å². The van der Waals surface area contributed by atoms with Crippen LogP contribution < -0.4 is 16.4 Å². The summed E-state index contributed by atoms with van der Waals surface area (Å²) in [5.41, 5.74) is 3.90. The first kappa shape index (κ1) is 35.2. The zero-order chi connectivity index (χ0) is 30.2. The number of hydrogen-bond acceptors (Lipinski definition) is 12. The van der Waals surface area contributed by atoms with Crippen LogP contribution in [0.3, 0.4) is 0 Å². The van der Waals surface area contributed by atoms with Crippen molar-refractivity contribution in [2.24, 2.45) is 34.0 Å². The van der Waals surface area contributed by atoms with Crippen molar-refractivity contribution in [3.05, 3.63) is 0 Å². The van der Waals surface area contributed by atoms with Crippen molar-refractivity contribution in [3.63, 3.8) is 0 Å². The fraction of sp³-hybridized carbons (Fsp3) is 0.889. The van der Waals surface area contributed by atoms with Gasteiger partial charge in [0.1, 0.15) is 0 Å². The Labute approximate surface area is 232 Å². The number of aliphatic hydroxyl groups is 3. The van der Waals surface area contributed by atoms with Gasteiger partial charge in [-0.05, 0) is 57.8 Å². The minimum Gasteiger partial charge on any atom is -0.395 e. The van der Waals surface area contributed by atoms with E-state index >= 15 is 0 Å². The molecule has 1 rings (SSSR count). The number of rotatable bonds is 15. The maximum Gasteiger partial charge on any atom is 0.330 e. The molecule has 0 aromatic carbocycles. The minimum absolute atomic E-state index is 0.0134. The lowest BCUT2D eigenvalue weighted by Gasteiger charge is -2.48. The van der Waals surface area contributed by atoms with Crippen molar-refractivity contribution in [2.45, 2.75) is 99.7 Å². The quantitative estimate of drug-likeness (QED) is 0.125. The van der Waals surface area contributed by atoms with Gasteiger partial charge in [-0.1, -0.05) is 41.5 Å². The smallest absolute Gasteiger partial charge is 0.330 e. The van der Waals surface area contributed by atoms with Crippen LogP contribution in [0.4, 0.5) is 0 Å². The topological polar surface area (TPSA) is 176 Å². The third kappa shape index (κ3) is 9.36. The lowest BCUT2D eigenvalue weighted by molar-refractivity contribution is -0.194. The Kier molecular flexibility index (Phi) is 13.3. The monoisotopic (exact) mass is 561 g/mol. The van der Waals surface area contributed by atoms with E-state index in [9.17, 15) is 29.7 Å². The van der Waals surface area contributed by atoms with Gasteiger partial charge in [0, 0.05) is 0 Å². The summed E-state index contributed by atoms with van der Waals surface area (Å²) in [7, 11) is 0. The molecule has 1 aliphatic carbocycles. The molecule has 0 spiro atoms. The molecule has 0 amide bonds. The first-order valence-corrected chi connectivity index (χ1v) is 13.7. The Balaban J connectivity index is 3.29. The van der Waals surface area contributed by atoms with Gasteiger partial charge in [-0.25, -0.2) is 14.4 Å². The van der Waals surface area contributed by atoms with E-state index in [1.807, 2.05) is 41.5 Å². The SMILES string of the molecule is CC(C)[C@@H](CO)NOC(=O)C1(C)CC(C)(C(=O)ON[C@H](CO)C(C)C)CC(C)(C(=O)ON[C@H](CO)C(C)C)C1. The molecule has 0 saturated heterocycles. The normalized spacial score (nSPS) is 27.8. The Morgan fingerprint density at radius 3 is 0.923 bits per heavy atom. The molecular weight excluding hydrogens is 510 g/mol. The van der Waals surface area contributed by atoms with E-state index in [0.717, 1.165) is 0 Å². The first-order chi connectivity index (χ1) is 18.0. The third-order valence-electron chi connectivity index (χ3n) is 7.73. The molecule has 0 aliphatic heterocycles. The third-order valence-corrected chi connectivity index (χ3v) is 7.73. The maximum absolute atomic E-state index is 13.4. The van der Waals surface area contributed by atoms with E-state index < -0.39 is 52.3 Å². The molecule has 3 atom stereocenters. The van der Waals surface area contributed by atoms with Crippen LogP contribution in [-0.2, 0) is 28.9 Å². The molecule has 0 aromatic rings. The second-order valence-corrected chi connectivity index (χ2v) is 12.8. The van der Waals surface area contributed by atoms with E-state index in [1.54, 1.807) is 20.8 Å². The van der Waals surface area contributed by atoms with Crippen LogP contribution >= 0.6 is 0 Å². The van der Waals surface area contributed by atoms with Crippen LogP contribution in [-0.4, -0.2) is 71.2 Å². The summed E-state index contributed by atoms with van der Waals surface area (Å²) in [5, 5.41) is 28.8. The van der Waals surface area contributed by atoms with Crippen molar-refractivity contribution in [3.8, 4) is 0 Å². The molecule has 12 heteroatoms. The van der Waals surface area contributed by atoms with Crippen LogP contribution in [0.25, 0.3) is 0 Å². The molecular formula is C27H51N3O9. The number of hydrogen-bond donors (Lipinski definition) is 6. The van der Waals surface area contributed by atoms with Gasteiger partial charge < -0.3 is 29.8 Å². The summed E-state index contributed by atoms with van der Waals surface area (Å²) in [4.78, 5) is 56.4. The van der Waals surface area contributed by atoms with Crippen LogP contribution in [0.1, 0.15) is 81.6 Å². The van der Waals surface area contributed by atoms with Gasteiger partial charge >= 0.3 is 17.9 Å². The van der Waals surface area contributed by atoms with E-state index in [0.29, 0.717) is 0 Å². The lowest BCUT2D eigenvalue weighted by atomic mass is 9.54. The van der Waals surface area contributed by atoms with Gasteiger partial charge in [0.05, 0.1) is 54.2 Å². The molecule has 1 fully saturated rings. The second-order valence-electron chi connectivity index (χ2n) is 12.8. The van der Waals surface area contributed by atoms with Crippen molar-refractivity contribution in [1.82, 2.24) is 16.4 Å². The summed E-state index contributed by atoms with van der Waals surface area (Å²) < 4.78 is 0. The van der Waals surface area contributed by atoms with E-state index in [1.165, 1.54) is 0 Å². The van der Waals surface area contributed by atoms with E-state index in [2.05, 4.69) is 16.4 Å². The Morgan fingerprint density at radius 1 is 0.564 bits per heavy atom.